The summed E-state index contributed by atoms with van der Waals surface area (Å²) in [5.74, 6) is -0.220. The highest BCUT2D eigenvalue weighted by molar-refractivity contribution is 9.10. The second-order valence-corrected chi connectivity index (χ2v) is 9.87. The SMILES string of the molecule is CN(C)CCCNC(=O)c1cccc(-c2ccc(-c3ccc(Br)cc3)n2-c2ccccc2C(F)(F)F)c1.Cl. The number of aromatic nitrogens is 1. The van der Waals surface area contributed by atoms with Crippen LogP contribution >= 0.6 is 28.3 Å². The van der Waals surface area contributed by atoms with Gasteiger partial charge in [-0.2, -0.15) is 13.2 Å². The zero-order valence-electron chi connectivity index (χ0n) is 20.9. The van der Waals surface area contributed by atoms with Gasteiger partial charge in [-0.25, -0.2) is 0 Å². The fourth-order valence-electron chi connectivity index (χ4n) is 4.19. The fourth-order valence-corrected chi connectivity index (χ4v) is 4.46. The lowest BCUT2D eigenvalue weighted by atomic mass is 10.1. The number of benzene rings is 3. The van der Waals surface area contributed by atoms with Crippen molar-refractivity contribution in [3.8, 4) is 28.2 Å². The lowest BCUT2D eigenvalue weighted by molar-refractivity contribution is -0.137. The van der Waals surface area contributed by atoms with Gasteiger partial charge in [0.15, 0.2) is 0 Å². The van der Waals surface area contributed by atoms with Crippen molar-refractivity contribution in [1.29, 1.82) is 0 Å². The van der Waals surface area contributed by atoms with E-state index in [2.05, 4.69) is 21.2 Å². The van der Waals surface area contributed by atoms with E-state index in [4.69, 9.17) is 0 Å². The van der Waals surface area contributed by atoms with Gasteiger partial charge in [0.05, 0.1) is 22.6 Å². The van der Waals surface area contributed by atoms with Crippen LogP contribution in [0.5, 0.6) is 0 Å². The van der Waals surface area contributed by atoms with Crippen molar-refractivity contribution in [2.75, 3.05) is 27.2 Å². The first-order chi connectivity index (χ1) is 17.6. The summed E-state index contributed by atoms with van der Waals surface area (Å²) in [7, 11) is 3.94. The Bertz CT molecular complexity index is 1380. The molecular formula is C29H28BrClF3N3O. The van der Waals surface area contributed by atoms with Gasteiger partial charge in [0, 0.05) is 16.6 Å². The molecule has 38 heavy (non-hydrogen) atoms. The maximum absolute atomic E-state index is 14.1. The first-order valence-corrected chi connectivity index (χ1v) is 12.6. The minimum atomic E-state index is -4.54. The van der Waals surface area contributed by atoms with Crippen LogP contribution in [0.2, 0.25) is 0 Å². The largest absolute Gasteiger partial charge is 0.418 e. The predicted octanol–water partition coefficient (Wildman–Crippen LogP) is 7.70. The van der Waals surface area contributed by atoms with E-state index in [1.54, 1.807) is 47.0 Å². The number of nitrogens with one attached hydrogen (secondary N) is 1. The highest BCUT2D eigenvalue weighted by atomic mass is 79.9. The smallest absolute Gasteiger partial charge is 0.352 e. The highest BCUT2D eigenvalue weighted by Crippen LogP contribution is 2.39. The molecule has 0 atom stereocenters. The van der Waals surface area contributed by atoms with Gasteiger partial charge in [0.2, 0.25) is 0 Å². The van der Waals surface area contributed by atoms with Crippen LogP contribution in [-0.4, -0.2) is 42.6 Å². The van der Waals surface area contributed by atoms with Crippen LogP contribution in [0.3, 0.4) is 0 Å². The van der Waals surface area contributed by atoms with E-state index >= 15 is 0 Å². The molecule has 0 saturated carbocycles. The number of hydrogen-bond donors (Lipinski definition) is 1. The first kappa shape index (κ1) is 29.5. The number of amides is 1. The zero-order valence-corrected chi connectivity index (χ0v) is 23.3. The van der Waals surface area contributed by atoms with Gasteiger partial charge in [0.1, 0.15) is 0 Å². The van der Waals surface area contributed by atoms with Crippen molar-refractivity contribution in [3.63, 3.8) is 0 Å². The van der Waals surface area contributed by atoms with E-state index in [1.165, 1.54) is 12.1 Å². The number of halogens is 5. The molecular weight excluding hydrogens is 579 g/mol. The van der Waals surface area contributed by atoms with Crippen LogP contribution in [0.1, 0.15) is 22.3 Å². The number of hydrogen-bond acceptors (Lipinski definition) is 2. The van der Waals surface area contributed by atoms with Gasteiger partial charge in [-0.15, -0.1) is 12.4 Å². The molecule has 4 rings (SSSR count). The summed E-state index contributed by atoms with van der Waals surface area (Å²) in [6.45, 7) is 1.38. The molecule has 0 unspecified atom stereocenters. The Morgan fingerprint density at radius 2 is 1.55 bits per heavy atom. The second kappa shape index (κ2) is 12.7. The summed E-state index contributed by atoms with van der Waals surface area (Å²) in [5, 5.41) is 2.92. The molecule has 0 spiro atoms. The van der Waals surface area contributed by atoms with Crippen LogP contribution in [0.25, 0.3) is 28.2 Å². The quantitative estimate of drug-likeness (QED) is 0.209. The van der Waals surface area contributed by atoms with Crippen molar-refractivity contribution < 1.29 is 18.0 Å². The summed E-state index contributed by atoms with van der Waals surface area (Å²) < 4.78 is 44.6. The molecule has 1 heterocycles. The number of alkyl halides is 3. The fraction of sp³-hybridized carbons (Fsp3) is 0.207. The van der Waals surface area contributed by atoms with Crippen molar-refractivity contribution in [3.05, 3.63) is 101 Å². The van der Waals surface area contributed by atoms with Gasteiger partial charge in [0.25, 0.3) is 5.91 Å². The van der Waals surface area contributed by atoms with Crippen molar-refractivity contribution in [1.82, 2.24) is 14.8 Å². The topological polar surface area (TPSA) is 37.3 Å². The van der Waals surface area contributed by atoms with E-state index in [0.717, 1.165) is 29.1 Å². The minimum absolute atomic E-state index is 0. The molecule has 0 fully saturated rings. The van der Waals surface area contributed by atoms with Crippen molar-refractivity contribution >= 4 is 34.2 Å². The summed E-state index contributed by atoms with van der Waals surface area (Å²) in [4.78, 5) is 14.8. The maximum atomic E-state index is 14.1. The standard InChI is InChI=1S/C29H27BrF3N3O.ClH/c1-35(2)18-6-17-34-28(37)22-8-5-7-21(19-22)26-16-15-25(20-11-13-23(30)14-12-20)36(26)27-10-4-3-9-24(27)29(31,32)33;/h3-5,7-16,19H,6,17-18H2,1-2H3,(H,34,37);1H. The normalized spacial score (nSPS) is 11.3. The lowest BCUT2D eigenvalue weighted by Crippen LogP contribution is -2.27. The van der Waals surface area contributed by atoms with E-state index in [0.29, 0.717) is 29.1 Å². The second-order valence-electron chi connectivity index (χ2n) is 8.95. The lowest BCUT2D eigenvalue weighted by Gasteiger charge is -2.19. The van der Waals surface area contributed by atoms with Crippen LogP contribution < -0.4 is 5.32 Å². The Kier molecular flexibility index (Phi) is 9.82. The van der Waals surface area contributed by atoms with Crippen molar-refractivity contribution in [2.24, 2.45) is 0 Å². The first-order valence-electron chi connectivity index (χ1n) is 11.8. The Morgan fingerprint density at radius 3 is 2.21 bits per heavy atom. The molecule has 3 aromatic carbocycles. The number of carbonyl (C=O) groups is 1. The highest BCUT2D eigenvalue weighted by Gasteiger charge is 2.34. The van der Waals surface area contributed by atoms with E-state index in [-0.39, 0.29) is 24.0 Å². The number of para-hydroxylation sites is 1. The number of nitrogens with zero attached hydrogens (tertiary/aromatic N) is 2. The van der Waals surface area contributed by atoms with Crippen molar-refractivity contribution in [2.45, 2.75) is 12.6 Å². The Morgan fingerprint density at radius 1 is 0.895 bits per heavy atom. The van der Waals surface area contributed by atoms with Gasteiger partial charge < -0.3 is 14.8 Å². The average Bonchev–Trinajstić information content (AvgIpc) is 3.31. The molecule has 9 heteroatoms. The number of rotatable bonds is 8. The Hall–Kier alpha value is -3.07. The predicted molar refractivity (Wildman–Crippen MR) is 152 cm³/mol. The summed E-state index contributed by atoms with van der Waals surface area (Å²) >= 11 is 3.42. The Balaban J connectivity index is 0.00000400. The molecule has 1 N–H and O–H groups in total. The summed E-state index contributed by atoms with van der Waals surface area (Å²) in [6, 6.07) is 23.5. The maximum Gasteiger partial charge on any atom is 0.418 e. The molecule has 0 saturated heterocycles. The van der Waals surface area contributed by atoms with Gasteiger partial charge in [-0.3, -0.25) is 4.79 Å². The van der Waals surface area contributed by atoms with Gasteiger partial charge >= 0.3 is 6.18 Å². The van der Waals surface area contributed by atoms with Gasteiger partial charge in [-0.05, 0) is 86.7 Å². The van der Waals surface area contributed by atoms with E-state index < -0.39 is 11.7 Å². The third-order valence-corrected chi connectivity index (χ3v) is 6.49. The minimum Gasteiger partial charge on any atom is -0.352 e. The zero-order chi connectivity index (χ0) is 26.6. The third kappa shape index (κ3) is 6.87. The molecule has 0 aliphatic rings. The van der Waals surface area contributed by atoms with Crippen LogP contribution in [0.4, 0.5) is 13.2 Å². The molecule has 1 aromatic heterocycles. The molecule has 1 amide bonds. The van der Waals surface area contributed by atoms with Crippen LogP contribution in [0.15, 0.2) is 89.4 Å². The van der Waals surface area contributed by atoms with Crippen LogP contribution in [-0.2, 0) is 6.18 Å². The molecule has 4 aromatic rings. The number of carbonyl (C=O) groups excluding carboxylic acids is 1. The Labute approximate surface area is 235 Å². The molecule has 4 nitrogen and oxygen atoms in total. The summed E-state index contributed by atoms with van der Waals surface area (Å²) in [6.07, 6.45) is -3.73. The molecule has 0 aliphatic carbocycles. The monoisotopic (exact) mass is 605 g/mol. The molecule has 0 bridgehead atoms. The molecule has 0 radical (unpaired) electrons. The molecule has 200 valence electrons. The van der Waals surface area contributed by atoms with Gasteiger partial charge in [-0.1, -0.05) is 52.3 Å². The molecule has 0 aliphatic heterocycles. The van der Waals surface area contributed by atoms with Crippen LogP contribution in [0, 0.1) is 0 Å². The third-order valence-electron chi connectivity index (χ3n) is 5.96. The average molecular weight is 607 g/mol. The summed E-state index contributed by atoms with van der Waals surface area (Å²) in [5.41, 5.74) is 2.30. The van der Waals surface area contributed by atoms with E-state index in [9.17, 15) is 18.0 Å². The van der Waals surface area contributed by atoms with E-state index in [1.807, 2.05) is 43.3 Å².